The van der Waals surface area contributed by atoms with Crippen molar-refractivity contribution in [1.82, 2.24) is 9.36 Å². The zero-order valence-corrected chi connectivity index (χ0v) is 10.8. The van der Waals surface area contributed by atoms with Gasteiger partial charge in [-0.25, -0.2) is 4.98 Å². The maximum Gasteiger partial charge on any atom is 0.288 e. The van der Waals surface area contributed by atoms with Crippen LogP contribution in [0.4, 0.5) is 5.69 Å². The lowest BCUT2D eigenvalue weighted by Gasteiger charge is -2.00. The maximum absolute atomic E-state index is 10.7. The lowest BCUT2D eigenvalue weighted by molar-refractivity contribution is -0.384. The van der Waals surface area contributed by atoms with Crippen molar-refractivity contribution in [1.29, 1.82) is 0 Å². The highest BCUT2D eigenvalue weighted by molar-refractivity contribution is 8.00. The van der Waals surface area contributed by atoms with Crippen molar-refractivity contribution in [3.05, 3.63) is 45.2 Å². The van der Waals surface area contributed by atoms with Crippen molar-refractivity contribution in [3.8, 4) is 0 Å². The van der Waals surface area contributed by atoms with E-state index >= 15 is 0 Å². The van der Waals surface area contributed by atoms with Gasteiger partial charge in [-0.2, -0.15) is 4.37 Å². The minimum absolute atomic E-state index is 0.0676. The first kappa shape index (κ1) is 12.3. The molecule has 0 radical (unpaired) electrons. The van der Waals surface area contributed by atoms with Gasteiger partial charge < -0.3 is 0 Å². The standard InChI is InChI=1S/C9H6ClN3O2S2/c10-7-2-1-6(3-8(7)13(14)15)4-16-9-11-5-12-17-9/h1-3,5H,4H2. The van der Waals surface area contributed by atoms with Gasteiger partial charge in [-0.3, -0.25) is 10.1 Å². The van der Waals surface area contributed by atoms with Crippen LogP contribution in [0, 0.1) is 10.1 Å². The first-order valence-corrected chi connectivity index (χ1v) is 6.63. The Balaban J connectivity index is 2.11. The van der Waals surface area contributed by atoms with Gasteiger partial charge in [0.25, 0.3) is 5.69 Å². The third-order valence-corrected chi connectivity index (χ3v) is 4.10. The van der Waals surface area contributed by atoms with E-state index in [9.17, 15) is 10.1 Å². The summed E-state index contributed by atoms with van der Waals surface area (Å²) >= 11 is 8.51. The number of nitrogens with zero attached hydrogens (tertiary/aromatic N) is 3. The van der Waals surface area contributed by atoms with Gasteiger partial charge in [0.15, 0.2) is 4.34 Å². The van der Waals surface area contributed by atoms with Crippen molar-refractivity contribution >= 4 is 40.6 Å². The van der Waals surface area contributed by atoms with Crippen LogP contribution in [0.25, 0.3) is 0 Å². The summed E-state index contributed by atoms with van der Waals surface area (Å²) < 4.78 is 4.71. The zero-order chi connectivity index (χ0) is 12.3. The number of thioether (sulfide) groups is 1. The van der Waals surface area contributed by atoms with Crippen molar-refractivity contribution in [2.75, 3.05) is 0 Å². The van der Waals surface area contributed by atoms with E-state index in [1.165, 1.54) is 41.8 Å². The molecule has 2 aromatic rings. The summed E-state index contributed by atoms with van der Waals surface area (Å²) in [7, 11) is 0. The number of aromatic nitrogens is 2. The average Bonchev–Trinajstić information content (AvgIpc) is 2.80. The Morgan fingerprint density at radius 1 is 1.53 bits per heavy atom. The average molecular weight is 288 g/mol. The van der Waals surface area contributed by atoms with Gasteiger partial charge in [-0.15, -0.1) is 0 Å². The van der Waals surface area contributed by atoms with Crippen LogP contribution < -0.4 is 0 Å². The van der Waals surface area contributed by atoms with Crippen molar-refractivity contribution in [2.24, 2.45) is 0 Å². The Hall–Kier alpha value is -1.18. The SMILES string of the molecule is O=[N+]([O-])c1cc(CSc2ncns2)ccc1Cl. The molecule has 0 aliphatic carbocycles. The van der Waals surface area contributed by atoms with Gasteiger partial charge in [-0.1, -0.05) is 29.4 Å². The maximum atomic E-state index is 10.7. The Labute approximate surface area is 110 Å². The van der Waals surface area contributed by atoms with Crippen LogP contribution in [0.5, 0.6) is 0 Å². The lowest BCUT2D eigenvalue weighted by atomic mass is 10.2. The van der Waals surface area contributed by atoms with E-state index in [0.717, 1.165) is 9.90 Å². The summed E-state index contributed by atoms with van der Waals surface area (Å²) in [5.74, 6) is 0.604. The predicted octanol–water partition coefficient (Wildman–Crippen LogP) is 3.39. The first-order chi connectivity index (χ1) is 8.16. The molecule has 0 atom stereocenters. The van der Waals surface area contributed by atoms with Crippen LogP contribution in [0.15, 0.2) is 28.9 Å². The van der Waals surface area contributed by atoms with Crippen molar-refractivity contribution in [3.63, 3.8) is 0 Å². The Bertz CT molecular complexity index is 533. The quantitative estimate of drug-likeness (QED) is 0.490. The molecule has 0 spiro atoms. The fraction of sp³-hybridized carbons (Fsp3) is 0.111. The topological polar surface area (TPSA) is 68.9 Å². The molecule has 1 aromatic carbocycles. The number of halogens is 1. The molecule has 1 aromatic heterocycles. The Kier molecular flexibility index (Phi) is 3.93. The molecule has 8 heteroatoms. The largest absolute Gasteiger partial charge is 0.288 e. The van der Waals surface area contributed by atoms with Crippen LogP contribution in [0.1, 0.15) is 5.56 Å². The molecule has 5 nitrogen and oxygen atoms in total. The van der Waals surface area contributed by atoms with Gasteiger partial charge in [0, 0.05) is 11.8 Å². The molecule has 0 amide bonds. The second-order valence-electron chi connectivity index (χ2n) is 3.04. The molecule has 0 aliphatic rings. The Morgan fingerprint density at radius 3 is 3.00 bits per heavy atom. The third-order valence-electron chi connectivity index (χ3n) is 1.91. The number of hydrogen-bond acceptors (Lipinski definition) is 6. The van der Waals surface area contributed by atoms with Crippen molar-refractivity contribution < 1.29 is 4.92 Å². The molecule has 0 unspecified atom stereocenters. The van der Waals surface area contributed by atoms with Gasteiger partial charge in [0.1, 0.15) is 11.3 Å². The molecule has 1 heterocycles. The predicted molar refractivity (Wildman–Crippen MR) is 67.6 cm³/mol. The molecule has 0 N–H and O–H groups in total. The summed E-state index contributed by atoms with van der Waals surface area (Å²) in [5, 5.41) is 10.9. The lowest BCUT2D eigenvalue weighted by Crippen LogP contribution is -1.91. The Morgan fingerprint density at radius 2 is 2.35 bits per heavy atom. The zero-order valence-electron chi connectivity index (χ0n) is 8.37. The smallest absolute Gasteiger partial charge is 0.258 e. The molecule has 0 bridgehead atoms. The van der Waals surface area contributed by atoms with E-state index in [0.29, 0.717) is 5.75 Å². The highest BCUT2D eigenvalue weighted by Gasteiger charge is 2.12. The number of nitro groups is 1. The van der Waals surface area contributed by atoms with Crippen molar-refractivity contribution in [2.45, 2.75) is 10.1 Å². The van der Waals surface area contributed by atoms with Crippen LogP contribution >= 0.6 is 34.9 Å². The summed E-state index contributed by atoms with van der Waals surface area (Å²) in [6, 6.07) is 4.79. The number of benzene rings is 1. The minimum atomic E-state index is -0.485. The molecular formula is C9H6ClN3O2S2. The summed E-state index contributed by atoms with van der Waals surface area (Å²) in [6.07, 6.45) is 1.48. The number of hydrogen-bond donors (Lipinski definition) is 0. The second-order valence-corrected chi connectivity index (χ2v) is 5.45. The molecule has 17 heavy (non-hydrogen) atoms. The van der Waals surface area contributed by atoms with Gasteiger partial charge >= 0.3 is 0 Å². The molecular weight excluding hydrogens is 282 g/mol. The monoisotopic (exact) mass is 287 g/mol. The van der Waals surface area contributed by atoms with E-state index < -0.39 is 4.92 Å². The molecule has 88 valence electrons. The first-order valence-electron chi connectivity index (χ1n) is 4.49. The van der Waals surface area contributed by atoms with Crippen LogP contribution in [-0.2, 0) is 5.75 Å². The van der Waals surface area contributed by atoms with Gasteiger partial charge in [0.2, 0.25) is 0 Å². The van der Waals surface area contributed by atoms with Gasteiger partial charge in [0.05, 0.1) is 4.92 Å². The summed E-state index contributed by atoms with van der Waals surface area (Å²) in [4.78, 5) is 14.2. The third kappa shape index (κ3) is 3.15. The fourth-order valence-corrected chi connectivity index (χ4v) is 2.73. The van der Waals surface area contributed by atoms with Crippen LogP contribution in [-0.4, -0.2) is 14.3 Å². The van der Waals surface area contributed by atoms with E-state index in [2.05, 4.69) is 9.36 Å². The van der Waals surface area contributed by atoms with E-state index in [4.69, 9.17) is 11.6 Å². The fourth-order valence-electron chi connectivity index (χ4n) is 1.16. The molecule has 0 aliphatic heterocycles. The molecule has 0 saturated carbocycles. The highest BCUT2D eigenvalue weighted by atomic mass is 35.5. The molecule has 2 rings (SSSR count). The van der Waals surface area contributed by atoms with Crippen LogP contribution in [0.2, 0.25) is 5.02 Å². The van der Waals surface area contributed by atoms with E-state index in [-0.39, 0.29) is 10.7 Å². The van der Waals surface area contributed by atoms with Gasteiger partial charge in [-0.05, 0) is 23.2 Å². The van der Waals surface area contributed by atoms with E-state index in [1.807, 2.05) is 0 Å². The molecule has 0 saturated heterocycles. The normalized spacial score (nSPS) is 10.4. The summed E-state index contributed by atoms with van der Waals surface area (Å²) in [6.45, 7) is 0. The summed E-state index contributed by atoms with van der Waals surface area (Å²) in [5.41, 5.74) is 0.767. The number of rotatable bonds is 4. The second kappa shape index (κ2) is 5.44. The highest BCUT2D eigenvalue weighted by Crippen LogP contribution is 2.29. The minimum Gasteiger partial charge on any atom is -0.258 e. The van der Waals surface area contributed by atoms with E-state index in [1.54, 1.807) is 6.07 Å². The molecule has 0 fully saturated rings. The number of nitro benzene ring substituents is 1. The van der Waals surface area contributed by atoms with Crippen LogP contribution in [0.3, 0.4) is 0 Å².